The number of hydrogen-bond donors (Lipinski definition) is 0. The number of ether oxygens (including phenoxy) is 3. The molecule has 0 spiro atoms. The van der Waals surface area contributed by atoms with E-state index in [1.807, 2.05) is 0 Å². The van der Waals surface area contributed by atoms with E-state index in [1.54, 1.807) is 0 Å². The summed E-state index contributed by atoms with van der Waals surface area (Å²) in [4.78, 5) is 37.6. The van der Waals surface area contributed by atoms with Crippen LogP contribution in [0.5, 0.6) is 0 Å². The molecule has 1 unspecified atom stereocenters. The van der Waals surface area contributed by atoms with Crippen LogP contribution in [0, 0.1) is 0 Å². The van der Waals surface area contributed by atoms with Crippen molar-refractivity contribution < 1.29 is 28.6 Å². The van der Waals surface area contributed by atoms with E-state index in [0.717, 1.165) is 64.2 Å². The molecule has 0 heterocycles. The Kier molecular flexibility index (Phi) is 42.9. The van der Waals surface area contributed by atoms with Crippen molar-refractivity contribution in [2.75, 3.05) is 13.2 Å². The lowest BCUT2D eigenvalue weighted by atomic mass is 10.1. The van der Waals surface area contributed by atoms with Crippen molar-refractivity contribution in [3.63, 3.8) is 0 Å². The third-order valence-corrected chi connectivity index (χ3v) is 10.4. The molecule has 0 aromatic heterocycles. The molecule has 0 aromatic rings. The van der Waals surface area contributed by atoms with Gasteiger partial charge in [-0.15, -0.1) is 0 Å². The van der Waals surface area contributed by atoms with E-state index in [4.69, 9.17) is 14.2 Å². The summed E-state index contributed by atoms with van der Waals surface area (Å²) in [6.45, 7) is 6.57. The van der Waals surface area contributed by atoms with Crippen LogP contribution in [0.1, 0.15) is 252 Å². The number of rotatable bonds is 43. The van der Waals surface area contributed by atoms with Gasteiger partial charge in [-0.05, 0) is 70.6 Å². The molecule has 322 valence electrons. The van der Waals surface area contributed by atoms with Crippen molar-refractivity contribution in [1.82, 2.24) is 0 Å². The van der Waals surface area contributed by atoms with Crippen molar-refractivity contribution in [2.45, 2.75) is 258 Å². The van der Waals surface area contributed by atoms with Gasteiger partial charge in [0, 0.05) is 19.3 Å². The van der Waals surface area contributed by atoms with Crippen LogP contribution < -0.4 is 0 Å². The summed E-state index contributed by atoms with van der Waals surface area (Å²) in [5.74, 6) is -0.889. The van der Waals surface area contributed by atoms with Gasteiger partial charge in [-0.25, -0.2) is 0 Å². The number of esters is 3. The highest BCUT2D eigenvalue weighted by molar-refractivity contribution is 5.71. The molecule has 1 atom stereocenters. The summed E-state index contributed by atoms with van der Waals surface area (Å²) >= 11 is 0. The van der Waals surface area contributed by atoms with E-state index in [-0.39, 0.29) is 31.1 Å². The predicted molar refractivity (Wildman–Crippen MR) is 233 cm³/mol. The SMILES string of the molecule is CCCCC/C=C\CCCCCCCC(=O)OC(COC(=O)CCCCCCCCC)COC(=O)CCCCCCCCC/C=C\CCCCCCCCC. The maximum atomic E-state index is 12.7. The molecule has 0 bridgehead atoms. The first kappa shape index (κ1) is 52.9. The van der Waals surface area contributed by atoms with E-state index in [1.165, 1.54) is 148 Å². The van der Waals surface area contributed by atoms with Crippen molar-refractivity contribution in [3.05, 3.63) is 24.3 Å². The number of carbonyl (C=O) groups excluding carboxylic acids is 3. The Morgan fingerprint density at radius 3 is 0.945 bits per heavy atom. The van der Waals surface area contributed by atoms with E-state index in [2.05, 4.69) is 45.1 Å². The third-order valence-electron chi connectivity index (χ3n) is 10.4. The lowest BCUT2D eigenvalue weighted by Gasteiger charge is -2.18. The molecule has 0 aromatic carbocycles. The lowest BCUT2D eigenvalue weighted by molar-refractivity contribution is -0.167. The molecule has 0 fully saturated rings. The van der Waals surface area contributed by atoms with Gasteiger partial charge in [-0.3, -0.25) is 14.4 Å². The van der Waals surface area contributed by atoms with Crippen molar-refractivity contribution in [3.8, 4) is 0 Å². The zero-order valence-electron chi connectivity index (χ0n) is 36.7. The molecule has 0 aliphatic rings. The minimum absolute atomic E-state index is 0.0741. The average molecular weight is 775 g/mol. The van der Waals surface area contributed by atoms with Gasteiger partial charge in [-0.1, -0.05) is 186 Å². The van der Waals surface area contributed by atoms with E-state index in [9.17, 15) is 14.4 Å². The third kappa shape index (κ3) is 42.9. The van der Waals surface area contributed by atoms with Gasteiger partial charge in [0.1, 0.15) is 13.2 Å². The standard InChI is InChI=1S/C49H90O6/c1-4-7-10-13-16-18-20-22-23-24-25-26-27-29-30-33-36-39-42-48(51)54-45-46(44-53-47(50)41-38-35-32-15-12-9-6-3)55-49(52)43-40-37-34-31-28-21-19-17-14-11-8-5-2/h17,19,23-24,46H,4-16,18,20-22,25-45H2,1-3H3/b19-17-,24-23-. The number of allylic oxidation sites excluding steroid dienone is 4. The summed E-state index contributed by atoms with van der Waals surface area (Å²) in [6, 6.07) is 0. The normalized spacial score (nSPS) is 12.1. The molecule has 0 rings (SSSR count). The minimum atomic E-state index is -0.770. The fourth-order valence-corrected chi connectivity index (χ4v) is 6.78. The molecule has 0 saturated carbocycles. The second-order valence-electron chi connectivity index (χ2n) is 16.0. The second kappa shape index (κ2) is 44.6. The smallest absolute Gasteiger partial charge is 0.306 e. The maximum Gasteiger partial charge on any atom is 0.306 e. The van der Waals surface area contributed by atoms with E-state index < -0.39 is 6.10 Å². The second-order valence-corrected chi connectivity index (χ2v) is 16.0. The molecule has 6 heteroatoms. The largest absolute Gasteiger partial charge is 0.462 e. The van der Waals surface area contributed by atoms with Crippen LogP contribution in [0.15, 0.2) is 24.3 Å². The first-order chi connectivity index (χ1) is 27.0. The summed E-state index contributed by atoms with van der Waals surface area (Å²) in [5.41, 5.74) is 0. The molecule has 0 saturated heterocycles. The van der Waals surface area contributed by atoms with Crippen molar-refractivity contribution >= 4 is 17.9 Å². The van der Waals surface area contributed by atoms with Gasteiger partial charge in [-0.2, -0.15) is 0 Å². The summed E-state index contributed by atoms with van der Waals surface area (Å²) in [6.07, 6.45) is 48.9. The minimum Gasteiger partial charge on any atom is -0.462 e. The van der Waals surface area contributed by atoms with Crippen LogP contribution in [0.2, 0.25) is 0 Å². The summed E-state index contributed by atoms with van der Waals surface area (Å²) in [7, 11) is 0. The van der Waals surface area contributed by atoms with Crippen LogP contribution in [0.4, 0.5) is 0 Å². The van der Waals surface area contributed by atoms with Gasteiger partial charge in [0.25, 0.3) is 0 Å². The Morgan fingerprint density at radius 1 is 0.345 bits per heavy atom. The fourth-order valence-electron chi connectivity index (χ4n) is 6.78. The Bertz CT molecular complexity index is 896. The van der Waals surface area contributed by atoms with Crippen LogP contribution >= 0.6 is 0 Å². The van der Waals surface area contributed by atoms with E-state index >= 15 is 0 Å². The van der Waals surface area contributed by atoms with Gasteiger partial charge in [0.15, 0.2) is 6.10 Å². The fraction of sp³-hybridized carbons (Fsp3) is 0.857. The molecule has 6 nitrogen and oxygen atoms in total. The molecule has 55 heavy (non-hydrogen) atoms. The Morgan fingerprint density at radius 2 is 0.600 bits per heavy atom. The number of carbonyl (C=O) groups is 3. The van der Waals surface area contributed by atoms with Crippen LogP contribution in [0.3, 0.4) is 0 Å². The molecule has 0 aliphatic heterocycles. The Hall–Kier alpha value is -2.11. The Balaban J connectivity index is 4.24. The first-order valence-corrected chi connectivity index (χ1v) is 23.8. The Labute approximate surface area is 341 Å². The van der Waals surface area contributed by atoms with Crippen LogP contribution in [-0.4, -0.2) is 37.2 Å². The molecule has 0 N–H and O–H groups in total. The highest BCUT2D eigenvalue weighted by atomic mass is 16.6. The van der Waals surface area contributed by atoms with Gasteiger partial charge in [0.2, 0.25) is 0 Å². The highest BCUT2D eigenvalue weighted by Gasteiger charge is 2.19. The van der Waals surface area contributed by atoms with Crippen molar-refractivity contribution in [1.29, 1.82) is 0 Å². The van der Waals surface area contributed by atoms with E-state index in [0.29, 0.717) is 19.3 Å². The molecular weight excluding hydrogens is 685 g/mol. The first-order valence-electron chi connectivity index (χ1n) is 23.8. The van der Waals surface area contributed by atoms with Gasteiger partial charge in [0.05, 0.1) is 0 Å². The monoisotopic (exact) mass is 775 g/mol. The van der Waals surface area contributed by atoms with Crippen LogP contribution in [-0.2, 0) is 28.6 Å². The number of unbranched alkanes of at least 4 members (excludes halogenated alkanes) is 28. The molecule has 0 aliphatic carbocycles. The molecule has 0 radical (unpaired) electrons. The topological polar surface area (TPSA) is 78.9 Å². The molecule has 0 amide bonds. The predicted octanol–water partition coefficient (Wildman–Crippen LogP) is 15.2. The van der Waals surface area contributed by atoms with Gasteiger partial charge < -0.3 is 14.2 Å². The zero-order valence-corrected chi connectivity index (χ0v) is 36.7. The maximum absolute atomic E-state index is 12.7. The average Bonchev–Trinajstić information content (AvgIpc) is 3.18. The van der Waals surface area contributed by atoms with Crippen LogP contribution in [0.25, 0.3) is 0 Å². The quantitative estimate of drug-likeness (QED) is 0.0266. The summed E-state index contributed by atoms with van der Waals surface area (Å²) < 4.78 is 16.7. The molecular formula is C49H90O6. The zero-order chi connectivity index (χ0) is 40.1. The highest BCUT2D eigenvalue weighted by Crippen LogP contribution is 2.14. The number of hydrogen-bond acceptors (Lipinski definition) is 6. The van der Waals surface area contributed by atoms with Crippen molar-refractivity contribution in [2.24, 2.45) is 0 Å². The summed E-state index contributed by atoms with van der Waals surface area (Å²) in [5, 5.41) is 0. The lowest BCUT2D eigenvalue weighted by Crippen LogP contribution is -2.30. The van der Waals surface area contributed by atoms with Gasteiger partial charge >= 0.3 is 17.9 Å².